The fraction of sp³-hybridized carbons (Fsp3) is 0.308. The molecule has 6 nitrogen and oxygen atoms in total. The number of carbonyl (C=O) groups excluding carboxylic acids is 1. The maximum atomic E-state index is 12.1. The molecule has 6 heteroatoms. The summed E-state index contributed by atoms with van der Waals surface area (Å²) in [7, 11) is 0. The lowest BCUT2D eigenvalue weighted by molar-refractivity contribution is -0.133. The quantitative estimate of drug-likeness (QED) is 0.854. The number of carbonyl (C=O) groups is 1. The van der Waals surface area contributed by atoms with Gasteiger partial charge in [0.05, 0.1) is 0 Å². The minimum atomic E-state index is 0.0134. The summed E-state index contributed by atoms with van der Waals surface area (Å²) in [4.78, 5) is 17.7. The highest BCUT2D eigenvalue weighted by Crippen LogP contribution is 2.23. The first-order chi connectivity index (χ1) is 9.22. The summed E-state index contributed by atoms with van der Waals surface area (Å²) in [6.07, 6.45) is 3.76. The molecule has 1 aliphatic heterocycles. The zero-order valence-corrected chi connectivity index (χ0v) is 10.4. The summed E-state index contributed by atoms with van der Waals surface area (Å²) in [5.41, 5.74) is 2.21. The van der Waals surface area contributed by atoms with Gasteiger partial charge in [-0.2, -0.15) is 5.10 Å². The van der Waals surface area contributed by atoms with Crippen molar-refractivity contribution in [3.63, 3.8) is 0 Å². The highest BCUT2D eigenvalue weighted by atomic mass is 16.3. The molecule has 1 aliphatic rings. The van der Waals surface area contributed by atoms with E-state index >= 15 is 0 Å². The van der Waals surface area contributed by atoms with Crippen molar-refractivity contribution in [1.82, 2.24) is 19.7 Å². The van der Waals surface area contributed by atoms with E-state index in [1.165, 1.54) is 22.9 Å². The molecule has 1 amide bonds. The van der Waals surface area contributed by atoms with Crippen LogP contribution in [-0.2, 0) is 24.3 Å². The Hall–Kier alpha value is -2.37. The van der Waals surface area contributed by atoms with Gasteiger partial charge in [-0.1, -0.05) is 6.07 Å². The van der Waals surface area contributed by atoms with Crippen LogP contribution in [0.5, 0.6) is 5.75 Å². The molecule has 0 saturated heterocycles. The third-order valence-corrected chi connectivity index (χ3v) is 3.32. The Morgan fingerprint density at radius 3 is 3.05 bits per heavy atom. The number of nitrogens with zero attached hydrogens (tertiary/aromatic N) is 4. The zero-order valence-electron chi connectivity index (χ0n) is 10.4. The number of hydrogen-bond acceptors (Lipinski definition) is 4. The van der Waals surface area contributed by atoms with Gasteiger partial charge in [0.2, 0.25) is 5.91 Å². The van der Waals surface area contributed by atoms with Crippen molar-refractivity contribution in [2.45, 2.75) is 19.5 Å². The lowest BCUT2D eigenvalue weighted by Crippen LogP contribution is -2.38. The van der Waals surface area contributed by atoms with Crippen molar-refractivity contribution in [3.8, 4) is 5.75 Å². The van der Waals surface area contributed by atoms with Crippen molar-refractivity contribution >= 4 is 5.91 Å². The van der Waals surface area contributed by atoms with E-state index < -0.39 is 0 Å². The van der Waals surface area contributed by atoms with Gasteiger partial charge in [-0.3, -0.25) is 4.79 Å². The first-order valence-corrected chi connectivity index (χ1v) is 6.13. The van der Waals surface area contributed by atoms with E-state index in [-0.39, 0.29) is 18.2 Å². The van der Waals surface area contributed by atoms with Crippen LogP contribution in [-0.4, -0.2) is 37.2 Å². The monoisotopic (exact) mass is 258 g/mol. The van der Waals surface area contributed by atoms with Gasteiger partial charge in [-0.15, -0.1) is 0 Å². The molecular formula is C13H14N4O2. The van der Waals surface area contributed by atoms with Gasteiger partial charge >= 0.3 is 0 Å². The summed E-state index contributed by atoms with van der Waals surface area (Å²) in [5.74, 6) is 0.254. The Labute approximate surface area is 110 Å². The number of phenolic OH excluding ortho intramolecular Hbond substituents is 1. The molecule has 0 radical (unpaired) electrons. The van der Waals surface area contributed by atoms with E-state index in [2.05, 4.69) is 10.1 Å². The second-order valence-electron chi connectivity index (χ2n) is 4.61. The molecule has 1 aromatic heterocycles. The molecule has 0 bridgehead atoms. The van der Waals surface area contributed by atoms with Gasteiger partial charge in [-0.25, -0.2) is 9.67 Å². The lowest BCUT2D eigenvalue weighted by atomic mass is 9.99. The number of rotatable bonds is 2. The minimum Gasteiger partial charge on any atom is -0.508 e. The highest BCUT2D eigenvalue weighted by molar-refractivity contribution is 5.76. The standard InChI is InChI=1S/C13H14N4O2/c18-12-2-1-10-3-4-16(6-11(10)5-12)13(19)7-17-9-14-8-15-17/h1-2,5,8-9,18H,3-4,6-7H2. The van der Waals surface area contributed by atoms with Crippen LogP contribution in [0.1, 0.15) is 11.1 Å². The fourth-order valence-corrected chi connectivity index (χ4v) is 2.31. The van der Waals surface area contributed by atoms with Gasteiger partial charge in [0.1, 0.15) is 24.9 Å². The van der Waals surface area contributed by atoms with Gasteiger partial charge in [0.25, 0.3) is 0 Å². The molecule has 0 aliphatic carbocycles. The van der Waals surface area contributed by atoms with Crippen LogP contribution in [0.4, 0.5) is 0 Å². The zero-order chi connectivity index (χ0) is 13.2. The maximum absolute atomic E-state index is 12.1. The summed E-state index contributed by atoms with van der Waals surface area (Å²) in [6, 6.07) is 5.33. The van der Waals surface area contributed by atoms with E-state index in [1.54, 1.807) is 17.0 Å². The number of aromatic hydroxyl groups is 1. The van der Waals surface area contributed by atoms with Crippen LogP contribution in [0.15, 0.2) is 30.9 Å². The number of aromatic nitrogens is 3. The SMILES string of the molecule is O=C(Cn1cncn1)N1CCc2ccc(O)cc2C1. The van der Waals surface area contributed by atoms with Crippen molar-refractivity contribution in [1.29, 1.82) is 0 Å². The van der Waals surface area contributed by atoms with Crippen LogP contribution in [0, 0.1) is 0 Å². The Kier molecular flexibility index (Phi) is 2.91. The Morgan fingerprint density at radius 1 is 1.37 bits per heavy atom. The van der Waals surface area contributed by atoms with E-state index in [4.69, 9.17) is 0 Å². The molecule has 2 heterocycles. The number of amides is 1. The number of phenols is 1. The van der Waals surface area contributed by atoms with Gasteiger partial charge < -0.3 is 10.0 Å². The average molecular weight is 258 g/mol. The van der Waals surface area contributed by atoms with Gasteiger partial charge in [0, 0.05) is 13.1 Å². The average Bonchev–Trinajstić information content (AvgIpc) is 2.90. The molecule has 2 aromatic rings. The van der Waals surface area contributed by atoms with E-state index in [1.807, 2.05) is 6.07 Å². The molecule has 1 aromatic carbocycles. The molecule has 0 unspecified atom stereocenters. The maximum Gasteiger partial charge on any atom is 0.244 e. The van der Waals surface area contributed by atoms with Crippen LogP contribution in [0.2, 0.25) is 0 Å². The number of benzene rings is 1. The second-order valence-corrected chi connectivity index (χ2v) is 4.61. The van der Waals surface area contributed by atoms with Crippen LogP contribution < -0.4 is 0 Å². The van der Waals surface area contributed by atoms with Gasteiger partial charge in [0.15, 0.2) is 0 Å². The van der Waals surface area contributed by atoms with Gasteiger partial charge in [-0.05, 0) is 29.7 Å². The van der Waals surface area contributed by atoms with Crippen molar-refractivity contribution < 1.29 is 9.90 Å². The predicted molar refractivity (Wildman–Crippen MR) is 67.2 cm³/mol. The third kappa shape index (κ3) is 2.42. The third-order valence-electron chi connectivity index (χ3n) is 3.32. The van der Waals surface area contributed by atoms with Crippen LogP contribution >= 0.6 is 0 Å². The molecule has 0 saturated carbocycles. The van der Waals surface area contributed by atoms with E-state index in [9.17, 15) is 9.90 Å². The topological polar surface area (TPSA) is 71.2 Å². The smallest absolute Gasteiger partial charge is 0.244 e. The molecule has 3 rings (SSSR count). The summed E-state index contributed by atoms with van der Waals surface area (Å²) < 4.78 is 1.51. The van der Waals surface area contributed by atoms with Crippen molar-refractivity contribution in [2.24, 2.45) is 0 Å². The molecule has 19 heavy (non-hydrogen) atoms. The molecule has 0 spiro atoms. The lowest BCUT2D eigenvalue weighted by Gasteiger charge is -2.28. The molecule has 0 atom stereocenters. The molecule has 98 valence electrons. The highest BCUT2D eigenvalue weighted by Gasteiger charge is 2.21. The summed E-state index contributed by atoms with van der Waals surface area (Å²) in [5, 5.41) is 13.4. The summed E-state index contributed by atoms with van der Waals surface area (Å²) in [6.45, 7) is 1.44. The molecule has 1 N–H and O–H groups in total. The normalized spacial score (nSPS) is 14.2. The first kappa shape index (κ1) is 11.7. The predicted octanol–water partition coefficient (Wildman–Crippen LogP) is 0.569. The second kappa shape index (κ2) is 4.72. The van der Waals surface area contributed by atoms with Crippen molar-refractivity contribution in [2.75, 3.05) is 6.54 Å². The Morgan fingerprint density at radius 2 is 2.26 bits per heavy atom. The molecular weight excluding hydrogens is 244 g/mol. The van der Waals surface area contributed by atoms with Crippen molar-refractivity contribution in [3.05, 3.63) is 42.0 Å². The first-order valence-electron chi connectivity index (χ1n) is 6.13. The van der Waals surface area contributed by atoms with E-state index in [0.717, 1.165) is 12.0 Å². The minimum absolute atomic E-state index is 0.0134. The Bertz CT molecular complexity index is 595. The van der Waals surface area contributed by atoms with E-state index in [0.29, 0.717) is 13.1 Å². The van der Waals surface area contributed by atoms with Crippen LogP contribution in [0.25, 0.3) is 0 Å². The number of fused-ring (bicyclic) bond motifs is 1. The number of hydrogen-bond donors (Lipinski definition) is 1. The fourth-order valence-electron chi connectivity index (χ4n) is 2.31. The molecule has 0 fully saturated rings. The largest absolute Gasteiger partial charge is 0.508 e. The Balaban J connectivity index is 1.72. The van der Waals surface area contributed by atoms with Crippen LogP contribution in [0.3, 0.4) is 0 Å². The summed E-state index contributed by atoms with van der Waals surface area (Å²) >= 11 is 0.